The summed E-state index contributed by atoms with van der Waals surface area (Å²) in [4.78, 5) is 4.86. The Balaban J connectivity index is 3.62. The Morgan fingerprint density at radius 3 is 2.50 bits per heavy atom. The van der Waals surface area contributed by atoms with E-state index >= 15 is 0 Å². The van der Waals surface area contributed by atoms with E-state index in [1.165, 1.54) is 6.42 Å². The number of nitrogens with zero attached hydrogens (tertiary/aromatic N) is 1. The lowest BCUT2D eigenvalue weighted by molar-refractivity contribution is 0.576. The van der Waals surface area contributed by atoms with Crippen LogP contribution in [0.4, 0.5) is 0 Å². The number of hydrogen-bond donors (Lipinski definition) is 0. The quantitative estimate of drug-likeness (QED) is 0.435. The van der Waals surface area contributed by atoms with Crippen molar-refractivity contribution in [1.29, 1.82) is 0 Å². The Kier molecular flexibility index (Phi) is 7.99. The molecule has 0 aliphatic heterocycles. The number of alkyl halides is 1. The number of halogens is 2. The zero-order valence-corrected chi connectivity index (χ0v) is 11.7. The van der Waals surface area contributed by atoms with E-state index in [2.05, 4.69) is 50.7 Å². The van der Waals surface area contributed by atoms with E-state index in [9.17, 15) is 0 Å². The van der Waals surface area contributed by atoms with Gasteiger partial charge in [0.1, 0.15) is 3.95 Å². The van der Waals surface area contributed by atoms with Crippen molar-refractivity contribution in [1.82, 2.24) is 0 Å². The standard InChI is InChI=1S/C8H15Br2NS/c1-6(2)4-7(9)5-11-8(10)12-3/h6-7H,4-5H2,1-3H3. The summed E-state index contributed by atoms with van der Waals surface area (Å²) in [6, 6.07) is 0. The van der Waals surface area contributed by atoms with E-state index in [0.717, 1.165) is 16.4 Å². The molecule has 0 heterocycles. The second-order valence-electron chi connectivity index (χ2n) is 3.02. The lowest BCUT2D eigenvalue weighted by Crippen LogP contribution is -2.06. The SMILES string of the molecule is CSC(Br)=NCC(Br)CC(C)C. The van der Waals surface area contributed by atoms with E-state index < -0.39 is 0 Å². The molecule has 72 valence electrons. The van der Waals surface area contributed by atoms with Crippen molar-refractivity contribution in [3.05, 3.63) is 0 Å². The second kappa shape index (κ2) is 7.39. The summed E-state index contributed by atoms with van der Waals surface area (Å²) in [7, 11) is 0. The van der Waals surface area contributed by atoms with E-state index in [4.69, 9.17) is 0 Å². The highest BCUT2D eigenvalue weighted by molar-refractivity contribution is 9.22. The molecule has 0 N–H and O–H groups in total. The third-order valence-corrected chi connectivity index (χ3v) is 3.66. The Hall–Kier alpha value is 0.980. The molecule has 4 heteroatoms. The van der Waals surface area contributed by atoms with Gasteiger partial charge >= 0.3 is 0 Å². The second-order valence-corrected chi connectivity index (χ2v) is 6.39. The summed E-state index contributed by atoms with van der Waals surface area (Å²) in [6.45, 7) is 5.31. The summed E-state index contributed by atoms with van der Waals surface area (Å²) < 4.78 is 0.982. The molecule has 1 atom stereocenters. The Labute approximate surface area is 96.0 Å². The van der Waals surface area contributed by atoms with Gasteiger partial charge in [0.25, 0.3) is 0 Å². The smallest absolute Gasteiger partial charge is 0.133 e. The first-order valence-electron chi connectivity index (χ1n) is 3.94. The molecule has 0 fully saturated rings. The Morgan fingerprint density at radius 1 is 1.50 bits per heavy atom. The molecule has 0 amide bonds. The molecule has 0 spiro atoms. The van der Waals surface area contributed by atoms with Gasteiger partial charge in [0.05, 0.1) is 6.54 Å². The minimum Gasteiger partial charge on any atom is -0.270 e. The average molecular weight is 317 g/mol. The summed E-state index contributed by atoms with van der Waals surface area (Å²) in [5.41, 5.74) is 0. The van der Waals surface area contributed by atoms with Crippen molar-refractivity contribution in [2.45, 2.75) is 25.1 Å². The van der Waals surface area contributed by atoms with E-state index in [1.807, 2.05) is 6.26 Å². The summed E-state index contributed by atoms with van der Waals surface area (Å²) in [6.07, 6.45) is 3.19. The van der Waals surface area contributed by atoms with Gasteiger partial charge in [-0.25, -0.2) is 0 Å². The van der Waals surface area contributed by atoms with Crippen LogP contribution in [0.25, 0.3) is 0 Å². The number of rotatable bonds is 4. The van der Waals surface area contributed by atoms with E-state index in [-0.39, 0.29) is 0 Å². The lowest BCUT2D eigenvalue weighted by Gasteiger charge is -2.09. The molecule has 12 heavy (non-hydrogen) atoms. The van der Waals surface area contributed by atoms with Gasteiger partial charge in [0, 0.05) is 4.83 Å². The van der Waals surface area contributed by atoms with Crippen molar-refractivity contribution >= 4 is 47.6 Å². The zero-order valence-electron chi connectivity index (χ0n) is 7.68. The molecule has 0 aliphatic carbocycles. The van der Waals surface area contributed by atoms with Gasteiger partial charge in [-0.1, -0.05) is 29.8 Å². The van der Waals surface area contributed by atoms with E-state index in [1.54, 1.807) is 11.8 Å². The predicted octanol–water partition coefficient (Wildman–Crippen LogP) is 3.91. The zero-order chi connectivity index (χ0) is 9.56. The molecule has 0 aliphatic rings. The molecule has 0 radical (unpaired) electrons. The monoisotopic (exact) mass is 315 g/mol. The van der Waals surface area contributed by atoms with Crippen LogP contribution in [0.5, 0.6) is 0 Å². The molecule has 1 unspecified atom stereocenters. The van der Waals surface area contributed by atoms with Crippen molar-refractivity contribution in [2.75, 3.05) is 12.8 Å². The average Bonchev–Trinajstić information content (AvgIpc) is 1.99. The van der Waals surface area contributed by atoms with Crippen LogP contribution in [-0.4, -0.2) is 21.6 Å². The van der Waals surface area contributed by atoms with Gasteiger partial charge in [0.15, 0.2) is 0 Å². The third-order valence-electron chi connectivity index (χ3n) is 1.31. The molecule has 1 nitrogen and oxygen atoms in total. The van der Waals surface area contributed by atoms with Crippen LogP contribution >= 0.6 is 43.6 Å². The van der Waals surface area contributed by atoms with Gasteiger partial charge in [0.2, 0.25) is 0 Å². The predicted molar refractivity (Wildman–Crippen MR) is 66.9 cm³/mol. The third kappa shape index (κ3) is 7.62. The maximum Gasteiger partial charge on any atom is 0.133 e. The first kappa shape index (κ1) is 13.0. The normalized spacial score (nSPS) is 15.3. The lowest BCUT2D eigenvalue weighted by atomic mass is 10.1. The minimum absolute atomic E-state index is 0.511. The molecule has 0 bridgehead atoms. The number of hydrogen-bond acceptors (Lipinski definition) is 2. The summed E-state index contributed by atoms with van der Waals surface area (Å²) in [5, 5.41) is 0. The molecule has 0 aromatic carbocycles. The van der Waals surface area contributed by atoms with Gasteiger partial charge in [-0.3, -0.25) is 4.99 Å². The first-order valence-corrected chi connectivity index (χ1v) is 6.87. The van der Waals surface area contributed by atoms with Crippen LogP contribution in [0.1, 0.15) is 20.3 Å². The number of aliphatic imine (C=N–C) groups is 1. The molecular formula is C8H15Br2NS. The van der Waals surface area contributed by atoms with Crippen LogP contribution in [0.15, 0.2) is 4.99 Å². The Morgan fingerprint density at radius 2 is 2.08 bits per heavy atom. The van der Waals surface area contributed by atoms with Gasteiger partial charge in [-0.05, 0) is 34.5 Å². The maximum atomic E-state index is 4.35. The van der Waals surface area contributed by atoms with Gasteiger partial charge < -0.3 is 0 Å². The van der Waals surface area contributed by atoms with Crippen molar-refractivity contribution in [3.8, 4) is 0 Å². The molecule has 0 rings (SSSR count). The summed E-state index contributed by atoms with van der Waals surface area (Å²) in [5.74, 6) is 0.734. The molecular weight excluding hydrogens is 302 g/mol. The van der Waals surface area contributed by atoms with Crippen LogP contribution in [0.3, 0.4) is 0 Å². The topological polar surface area (TPSA) is 12.4 Å². The van der Waals surface area contributed by atoms with Crippen LogP contribution < -0.4 is 0 Å². The van der Waals surface area contributed by atoms with Crippen LogP contribution in [-0.2, 0) is 0 Å². The summed E-state index contributed by atoms with van der Waals surface area (Å²) >= 11 is 8.59. The highest BCUT2D eigenvalue weighted by atomic mass is 79.9. The fourth-order valence-corrected chi connectivity index (χ4v) is 2.06. The fraction of sp³-hybridized carbons (Fsp3) is 0.875. The fourth-order valence-electron chi connectivity index (χ4n) is 0.821. The first-order chi connectivity index (χ1) is 5.56. The van der Waals surface area contributed by atoms with Crippen molar-refractivity contribution in [2.24, 2.45) is 10.9 Å². The highest BCUT2D eigenvalue weighted by Gasteiger charge is 2.05. The maximum absolute atomic E-state index is 4.35. The van der Waals surface area contributed by atoms with Crippen LogP contribution in [0, 0.1) is 5.92 Å². The van der Waals surface area contributed by atoms with Crippen LogP contribution in [0.2, 0.25) is 0 Å². The van der Waals surface area contributed by atoms with E-state index in [0.29, 0.717) is 4.83 Å². The van der Waals surface area contributed by atoms with Crippen molar-refractivity contribution in [3.63, 3.8) is 0 Å². The molecule has 0 aromatic rings. The molecule has 0 aromatic heterocycles. The largest absolute Gasteiger partial charge is 0.270 e. The molecule has 0 saturated carbocycles. The number of thioether (sulfide) groups is 1. The minimum atomic E-state index is 0.511. The molecule has 0 saturated heterocycles. The highest BCUT2D eigenvalue weighted by Crippen LogP contribution is 2.14. The van der Waals surface area contributed by atoms with Gasteiger partial charge in [-0.15, -0.1) is 11.8 Å². The van der Waals surface area contributed by atoms with Crippen molar-refractivity contribution < 1.29 is 0 Å². The van der Waals surface area contributed by atoms with Gasteiger partial charge in [-0.2, -0.15) is 0 Å². The Bertz CT molecular complexity index is 148.